The lowest BCUT2D eigenvalue weighted by molar-refractivity contribution is -0.0715. The van der Waals surface area contributed by atoms with Crippen molar-refractivity contribution in [1.82, 2.24) is 9.78 Å². The lowest BCUT2D eigenvalue weighted by Gasteiger charge is -2.45. The molecule has 2 atom stereocenters. The Morgan fingerprint density at radius 3 is 2.68 bits per heavy atom. The zero-order valence-electron chi connectivity index (χ0n) is 13.0. The van der Waals surface area contributed by atoms with E-state index in [2.05, 4.69) is 38.9 Å². The lowest BCUT2D eigenvalue weighted by atomic mass is 9.64. The molecule has 0 bridgehead atoms. The van der Waals surface area contributed by atoms with Crippen molar-refractivity contribution in [3.63, 3.8) is 0 Å². The topological polar surface area (TPSA) is 38.0 Å². The van der Waals surface area contributed by atoms with Gasteiger partial charge in [0, 0.05) is 18.7 Å². The van der Waals surface area contributed by atoms with Gasteiger partial charge in [0.1, 0.15) is 0 Å². The van der Waals surface area contributed by atoms with Crippen LogP contribution in [0.1, 0.15) is 58.3 Å². The van der Waals surface area contributed by atoms with Gasteiger partial charge in [-0.3, -0.25) is 4.68 Å². The van der Waals surface area contributed by atoms with E-state index in [9.17, 15) is 5.11 Å². The molecule has 0 amide bonds. The number of aromatic nitrogens is 2. The van der Waals surface area contributed by atoms with Crippen LogP contribution in [0.4, 0.5) is 0 Å². The maximum Gasteiger partial charge on any atom is 0.0728 e. The first-order valence-corrected chi connectivity index (χ1v) is 7.51. The highest BCUT2D eigenvalue weighted by atomic mass is 16.3. The van der Waals surface area contributed by atoms with E-state index in [1.54, 1.807) is 0 Å². The van der Waals surface area contributed by atoms with Crippen LogP contribution in [0.15, 0.2) is 6.07 Å². The fourth-order valence-electron chi connectivity index (χ4n) is 3.51. The van der Waals surface area contributed by atoms with E-state index in [1.165, 1.54) is 5.69 Å². The molecule has 1 aromatic rings. The molecular formula is C16H28N2O. The Bertz CT molecular complexity index is 450. The standard InChI is InChI=1S/C16H28N2O/c1-6-18-14(9-13(3)17-18)11-16(19)8-7-15(4,5)10-12(16)2/h9,12,19H,6-8,10-11H2,1-5H3. The SMILES string of the molecule is CCn1nc(C)cc1CC1(O)CCC(C)(C)CC1C. The molecule has 1 aromatic heterocycles. The van der Waals surface area contributed by atoms with Crippen LogP contribution < -0.4 is 0 Å². The Morgan fingerprint density at radius 2 is 2.11 bits per heavy atom. The zero-order chi connectivity index (χ0) is 14.3. The second-order valence-corrected chi connectivity index (χ2v) is 7.14. The summed E-state index contributed by atoms with van der Waals surface area (Å²) in [6.07, 6.45) is 3.84. The van der Waals surface area contributed by atoms with E-state index in [4.69, 9.17) is 0 Å². The summed E-state index contributed by atoms with van der Waals surface area (Å²) in [5.41, 5.74) is 2.03. The van der Waals surface area contributed by atoms with Crippen LogP contribution in [-0.2, 0) is 13.0 Å². The number of hydrogen-bond donors (Lipinski definition) is 1. The van der Waals surface area contributed by atoms with Crippen LogP contribution >= 0.6 is 0 Å². The second-order valence-electron chi connectivity index (χ2n) is 7.14. The predicted octanol–water partition coefficient (Wildman–Crippen LogP) is 3.33. The maximum atomic E-state index is 11.0. The maximum absolute atomic E-state index is 11.0. The van der Waals surface area contributed by atoms with Crippen molar-refractivity contribution in [3.05, 3.63) is 17.5 Å². The second kappa shape index (κ2) is 4.93. The average Bonchev–Trinajstić information content (AvgIpc) is 2.65. The first kappa shape index (κ1) is 14.6. The van der Waals surface area contributed by atoms with Gasteiger partial charge in [0.05, 0.1) is 11.3 Å². The van der Waals surface area contributed by atoms with E-state index in [-0.39, 0.29) is 0 Å². The molecule has 1 N–H and O–H groups in total. The third-order valence-electron chi connectivity index (χ3n) is 4.78. The zero-order valence-corrected chi connectivity index (χ0v) is 13.0. The third-order valence-corrected chi connectivity index (χ3v) is 4.78. The smallest absolute Gasteiger partial charge is 0.0728 e. The highest BCUT2D eigenvalue weighted by Gasteiger charge is 2.42. The van der Waals surface area contributed by atoms with Crippen molar-refractivity contribution in [1.29, 1.82) is 0 Å². The van der Waals surface area contributed by atoms with Gasteiger partial charge in [0.25, 0.3) is 0 Å². The third kappa shape index (κ3) is 3.02. The number of hydrogen-bond acceptors (Lipinski definition) is 2. The van der Waals surface area contributed by atoms with Crippen LogP contribution in [0.3, 0.4) is 0 Å². The molecule has 3 heteroatoms. The quantitative estimate of drug-likeness (QED) is 0.909. The summed E-state index contributed by atoms with van der Waals surface area (Å²) in [7, 11) is 0. The molecule has 19 heavy (non-hydrogen) atoms. The molecule has 0 aromatic carbocycles. The summed E-state index contributed by atoms with van der Waals surface area (Å²) >= 11 is 0. The number of aryl methyl sites for hydroxylation is 2. The van der Waals surface area contributed by atoms with Crippen molar-refractivity contribution >= 4 is 0 Å². The Balaban J connectivity index is 2.17. The molecule has 0 aliphatic heterocycles. The Labute approximate surface area is 117 Å². The van der Waals surface area contributed by atoms with Gasteiger partial charge < -0.3 is 5.11 Å². The molecule has 0 spiro atoms. The van der Waals surface area contributed by atoms with E-state index < -0.39 is 5.60 Å². The average molecular weight is 264 g/mol. The van der Waals surface area contributed by atoms with Crippen LogP contribution in [0.5, 0.6) is 0 Å². The minimum Gasteiger partial charge on any atom is -0.389 e. The van der Waals surface area contributed by atoms with Gasteiger partial charge >= 0.3 is 0 Å². The molecule has 1 aliphatic carbocycles. The van der Waals surface area contributed by atoms with Crippen molar-refractivity contribution < 1.29 is 5.11 Å². The molecular weight excluding hydrogens is 236 g/mol. The van der Waals surface area contributed by atoms with Gasteiger partial charge in [-0.2, -0.15) is 5.10 Å². The Hall–Kier alpha value is -0.830. The van der Waals surface area contributed by atoms with Crippen molar-refractivity contribution in [2.45, 2.75) is 72.4 Å². The molecule has 1 fully saturated rings. The van der Waals surface area contributed by atoms with E-state index >= 15 is 0 Å². The Morgan fingerprint density at radius 1 is 1.42 bits per heavy atom. The fraction of sp³-hybridized carbons (Fsp3) is 0.812. The number of nitrogens with zero attached hydrogens (tertiary/aromatic N) is 2. The van der Waals surface area contributed by atoms with Gasteiger partial charge in [0.2, 0.25) is 0 Å². The summed E-state index contributed by atoms with van der Waals surface area (Å²) in [4.78, 5) is 0. The van der Waals surface area contributed by atoms with Gasteiger partial charge in [0.15, 0.2) is 0 Å². The van der Waals surface area contributed by atoms with Crippen LogP contribution in [-0.4, -0.2) is 20.5 Å². The summed E-state index contributed by atoms with van der Waals surface area (Å²) in [5, 5.41) is 15.5. The summed E-state index contributed by atoms with van der Waals surface area (Å²) < 4.78 is 2.03. The van der Waals surface area contributed by atoms with Crippen molar-refractivity contribution in [2.24, 2.45) is 11.3 Å². The first-order chi connectivity index (χ1) is 8.76. The van der Waals surface area contributed by atoms with Crippen LogP contribution in [0.2, 0.25) is 0 Å². The van der Waals surface area contributed by atoms with Crippen LogP contribution in [0, 0.1) is 18.3 Å². The minimum absolute atomic E-state index is 0.344. The molecule has 3 nitrogen and oxygen atoms in total. The molecule has 0 radical (unpaired) electrons. The van der Waals surface area contributed by atoms with Gasteiger partial charge in [-0.15, -0.1) is 0 Å². The monoisotopic (exact) mass is 264 g/mol. The predicted molar refractivity (Wildman–Crippen MR) is 78.1 cm³/mol. The van der Waals surface area contributed by atoms with E-state index in [0.29, 0.717) is 11.3 Å². The molecule has 2 rings (SSSR count). The van der Waals surface area contributed by atoms with E-state index in [0.717, 1.165) is 37.9 Å². The number of rotatable bonds is 3. The lowest BCUT2D eigenvalue weighted by Crippen LogP contribution is -2.46. The number of aliphatic hydroxyl groups is 1. The largest absolute Gasteiger partial charge is 0.389 e. The first-order valence-electron chi connectivity index (χ1n) is 7.51. The molecule has 1 heterocycles. The summed E-state index contributed by atoms with van der Waals surface area (Å²) in [5.74, 6) is 0.344. The fourth-order valence-corrected chi connectivity index (χ4v) is 3.51. The molecule has 0 saturated heterocycles. The molecule has 2 unspecified atom stereocenters. The molecule has 1 saturated carbocycles. The Kier molecular flexibility index (Phi) is 3.78. The molecule has 1 aliphatic rings. The highest BCUT2D eigenvalue weighted by Crippen LogP contribution is 2.45. The van der Waals surface area contributed by atoms with E-state index in [1.807, 2.05) is 11.6 Å². The van der Waals surface area contributed by atoms with Crippen LogP contribution in [0.25, 0.3) is 0 Å². The summed E-state index contributed by atoms with van der Waals surface area (Å²) in [6.45, 7) is 11.8. The highest BCUT2D eigenvalue weighted by molar-refractivity contribution is 5.13. The van der Waals surface area contributed by atoms with Gasteiger partial charge in [-0.1, -0.05) is 20.8 Å². The summed E-state index contributed by atoms with van der Waals surface area (Å²) in [6, 6.07) is 2.12. The van der Waals surface area contributed by atoms with Crippen molar-refractivity contribution in [3.8, 4) is 0 Å². The minimum atomic E-state index is -0.561. The van der Waals surface area contributed by atoms with Crippen molar-refractivity contribution in [2.75, 3.05) is 0 Å². The van der Waals surface area contributed by atoms with Gasteiger partial charge in [-0.25, -0.2) is 0 Å². The molecule has 108 valence electrons. The normalized spacial score (nSPS) is 30.5. The van der Waals surface area contributed by atoms with Gasteiger partial charge in [-0.05, 0) is 50.5 Å².